The monoisotopic (exact) mass is 399 g/mol. The van der Waals surface area contributed by atoms with E-state index in [4.69, 9.17) is 16.3 Å². The number of amides is 1. The van der Waals surface area contributed by atoms with Gasteiger partial charge in [-0.1, -0.05) is 11.6 Å². The highest BCUT2D eigenvalue weighted by Gasteiger charge is 2.21. The van der Waals surface area contributed by atoms with Crippen LogP contribution in [0.1, 0.15) is 21.7 Å². The van der Waals surface area contributed by atoms with E-state index in [1.54, 1.807) is 18.2 Å². The standard InChI is InChI=1S/C17H22ClN5O2.ClH/c1-23(2)7-8-25-15-4-3-11(9-13(15)18)20-17(24)16-12-10-19-6-5-14(12)21-22-16;/h3-4,9,19H,5-8,10H2,1-2H3,(H,20,24)(H,21,22);1H. The predicted molar refractivity (Wildman–Crippen MR) is 105 cm³/mol. The Morgan fingerprint density at radius 1 is 1.42 bits per heavy atom. The van der Waals surface area contributed by atoms with Crippen LogP contribution in [0.15, 0.2) is 18.2 Å². The van der Waals surface area contributed by atoms with Crippen LogP contribution in [0.3, 0.4) is 0 Å². The molecule has 0 aliphatic carbocycles. The number of H-pyrrole nitrogens is 1. The number of nitrogens with zero attached hydrogens (tertiary/aromatic N) is 2. The summed E-state index contributed by atoms with van der Waals surface area (Å²) in [6.45, 7) is 2.88. The SMILES string of the molecule is CN(C)CCOc1ccc(NC(=O)c2n[nH]c3c2CNCC3)cc1Cl.Cl. The third kappa shape index (κ3) is 4.88. The summed E-state index contributed by atoms with van der Waals surface area (Å²) in [5, 5.41) is 13.6. The number of aromatic nitrogens is 2. The van der Waals surface area contributed by atoms with Gasteiger partial charge in [0, 0.05) is 43.0 Å². The second kappa shape index (κ2) is 9.23. The number of nitrogens with one attached hydrogen (secondary N) is 3. The van der Waals surface area contributed by atoms with Gasteiger partial charge in [-0.2, -0.15) is 5.10 Å². The van der Waals surface area contributed by atoms with Crippen molar-refractivity contribution < 1.29 is 9.53 Å². The highest BCUT2D eigenvalue weighted by molar-refractivity contribution is 6.32. The van der Waals surface area contributed by atoms with Crippen LogP contribution in [-0.2, 0) is 13.0 Å². The molecule has 3 N–H and O–H groups in total. The number of carbonyl (C=O) groups is 1. The maximum atomic E-state index is 12.5. The fraction of sp³-hybridized carbons (Fsp3) is 0.412. The molecular weight excluding hydrogens is 377 g/mol. The number of aromatic amines is 1. The molecule has 1 aliphatic rings. The Bertz CT molecular complexity index is 764. The Kier molecular flexibility index (Phi) is 7.28. The molecule has 1 amide bonds. The molecule has 2 heterocycles. The number of carbonyl (C=O) groups excluding carboxylic acids is 1. The lowest BCUT2D eigenvalue weighted by Gasteiger charge is -2.14. The zero-order chi connectivity index (χ0) is 17.8. The number of anilines is 1. The Labute approximate surface area is 163 Å². The second-order valence-corrected chi connectivity index (χ2v) is 6.61. The van der Waals surface area contributed by atoms with E-state index in [1.165, 1.54) is 0 Å². The Morgan fingerprint density at radius 3 is 2.96 bits per heavy atom. The van der Waals surface area contributed by atoms with Gasteiger partial charge in [-0.3, -0.25) is 9.89 Å². The number of hydrogen-bond acceptors (Lipinski definition) is 5. The number of benzene rings is 1. The van der Waals surface area contributed by atoms with E-state index in [-0.39, 0.29) is 18.3 Å². The maximum absolute atomic E-state index is 12.5. The minimum absolute atomic E-state index is 0. The predicted octanol–water partition coefficient (Wildman–Crippen LogP) is 2.32. The second-order valence-electron chi connectivity index (χ2n) is 6.21. The summed E-state index contributed by atoms with van der Waals surface area (Å²) in [5.74, 6) is 0.349. The zero-order valence-electron chi connectivity index (χ0n) is 14.8. The lowest BCUT2D eigenvalue weighted by Crippen LogP contribution is -2.25. The fourth-order valence-electron chi connectivity index (χ4n) is 2.64. The topological polar surface area (TPSA) is 82.3 Å². The van der Waals surface area contributed by atoms with Crippen molar-refractivity contribution in [2.45, 2.75) is 13.0 Å². The number of ether oxygens (including phenoxy) is 1. The molecule has 1 aromatic heterocycles. The van der Waals surface area contributed by atoms with Crippen molar-refractivity contribution in [2.75, 3.05) is 39.1 Å². The molecule has 0 fully saturated rings. The normalized spacial score (nSPS) is 13.1. The molecule has 1 aliphatic heterocycles. The first-order valence-electron chi connectivity index (χ1n) is 8.20. The number of hydrogen-bond donors (Lipinski definition) is 3. The van der Waals surface area contributed by atoms with Crippen molar-refractivity contribution in [3.8, 4) is 5.75 Å². The van der Waals surface area contributed by atoms with Gasteiger partial charge in [-0.05, 0) is 32.3 Å². The van der Waals surface area contributed by atoms with E-state index in [9.17, 15) is 4.79 Å². The van der Waals surface area contributed by atoms with Crippen LogP contribution in [0.5, 0.6) is 5.75 Å². The molecular formula is C17H23Cl2N5O2. The van der Waals surface area contributed by atoms with E-state index in [2.05, 4.69) is 20.8 Å². The van der Waals surface area contributed by atoms with Crippen LogP contribution in [0, 0.1) is 0 Å². The molecule has 0 saturated heterocycles. The minimum Gasteiger partial charge on any atom is -0.491 e. The number of rotatable bonds is 6. The Balaban J connectivity index is 0.00000243. The number of likely N-dealkylation sites (N-methyl/N-ethyl adjacent to an activating group) is 1. The summed E-state index contributed by atoms with van der Waals surface area (Å²) < 4.78 is 5.64. The smallest absolute Gasteiger partial charge is 0.276 e. The van der Waals surface area contributed by atoms with Crippen molar-refractivity contribution in [3.05, 3.63) is 40.2 Å². The summed E-state index contributed by atoms with van der Waals surface area (Å²) in [6, 6.07) is 5.21. The summed E-state index contributed by atoms with van der Waals surface area (Å²) in [6.07, 6.45) is 0.848. The molecule has 0 saturated carbocycles. The van der Waals surface area contributed by atoms with Crippen LogP contribution in [0.25, 0.3) is 0 Å². The van der Waals surface area contributed by atoms with Crippen molar-refractivity contribution >= 4 is 35.6 Å². The van der Waals surface area contributed by atoms with Crippen LogP contribution in [-0.4, -0.2) is 54.8 Å². The van der Waals surface area contributed by atoms with E-state index >= 15 is 0 Å². The van der Waals surface area contributed by atoms with Crippen molar-refractivity contribution in [3.63, 3.8) is 0 Å². The van der Waals surface area contributed by atoms with Crippen LogP contribution in [0.2, 0.25) is 5.02 Å². The third-order valence-electron chi connectivity index (χ3n) is 4.01. The quantitative estimate of drug-likeness (QED) is 0.694. The summed E-state index contributed by atoms with van der Waals surface area (Å²) in [7, 11) is 3.96. The summed E-state index contributed by atoms with van der Waals surface area (Å²) in [5.41, 5.74) is 2.98. The van der Waals surface area contributed by atoms with E-state index in [1.807, 2.05) is 19.0 Å². The first-order chi connectivity index (χ1) is 12.0. The molecule has 1 aromatic carbocycles. The van der Waals surface area contributed by atoms with E-state index < -0.39 is 0 Å². The van der Waals surface area contributed by atoms with Crippen LogP contribution in [0.4, 0.5) is 5.69 Å². The molecule has 0 bridgehead atoms. The average molecular weight is 400 g/mol. The molecule has 142 valence electrons. The van der Waals surface area contributed by atoms with E-state index in [0.717, 1.165) is 30.8 Å². The summed E-state index contributed by atoms with van der Waals surface area (Å²) in [4.78, 5) is 14.5. The number of fused-ring (bicyclic) bond motifs is 1. The van der Waals surface area contributed by atoms with Gasteiger partial charge in [0.2, 0.25) is 0 Å². The van der Waals surface area contributed by atoms with Gasteiger partial charge in [-0.15, -0.1) is 12.4 Å². The molecule has 0 atom stereocenters. The lowest BCUT2D eigenvalue weighted by atomic mass is 10.1. The summed E-state index contributed by atoms with van der Waals surface area (Å²) >= 11 is 6.25. The molecule has 26 heavy (non-hydrogen) atoms. The fourth-order valence-corrected chi connectivity index (χ4v) is 2.87. The van der Waals surface area contributed by atoms with Gasteiger partial charge in [0.15, 0.2) is 5.69 Å². The molecule has 0 unspecified atom stereocenters. The van der Waals surface area contributed by atoms with Crippen molar-refractivity contribution in [1.82, 2.24) is 20.4 Å². The molecule has 3 rings (SSSR count). The van der Waals surface area contributed by atoms with Gasteiger partial charge < -0.3 is 20.3 Å². The Morgan fingerprint density at radius 2 is 2.23 bits per heavy atom. The van der Waals surface area contributed by atoms with Crippen LogP contribution < -0.4 is 15.4 Å². The lowest BCUT2D eigenvalue weighted by molar-refractivity contribution is 0.102. The molecule has 2 aromatic rings. The zero-order valence-corrected chi connectivity index (χ0v) is 16.3. The first-order valence-corrected chi connectivity index (χ1v) is 8.57. The molecule has 0 radical (unpaired) electrons. The number of halogens is 2. The molecule has 9 heteroatoms. The minimum atomic E-state index is -0.251. The Hall–Kier alpha value is -1.80. The van der Waals surface area contributed by atoms with Crippen molar-refractivity contribution in [2.24, 2.45) is 0 Å². The van der Waals surface area contributed by atoms with Gasteiger partial charge in [0.05, 0.1) is 5.02 Å². The van der Waals surface area contributed by atoms with Gasteiger partial charge in [0.1, 0.15) is 12.4 Å². The van der Waals surface area contributed by atoms with Crippen molar-refractivity contribution in [1.29, 1.82) is 0 Å². The molecule has 0 spiro atoms. The first kappa shape index (κ1) is 20.5. The van der Waals surface area contributed by atoms with Gasteiger partial charge in [-0.25, -0.2) is 0 Å². The average Bonchev–Trinajstić information content (AvgIpc) is 3.01. The largest absolute Gasteiger partial charge is 0.491 e. The maximum Gasteiger partial charge on any atom is 0.276 e. The van der Waals surface area contributed by atoms with Gasteiger partial charge >= 0.3 is 0 Å². The van der Waals surface area contributed by atoms with E-state index in [0.29, 0.717) is 35.3 Å². The third-order valence-corrected chi connectivity index (χ3v) is 4.30. The highest BCUT2D eigenvalue weighted by atomic mass is 35.5. The highest BCUT2D eigenvalue weighted by Crippen LogP contribution is 2.28. The van der Waals surface area contributed by atoms with Crippen LogP contribution >= 0.6 is 24.0 Å². The van der Waals surface area contributed by atoms with Gasteiger partial charge in [0.25, 0.3) is 5.91 Å². The molecule has 7 nitrogen and oxygen atoms in total.